The Morgan fingerprint density at radius 1 is 0.891 bits per heavy atom. The van der Waals surface area contributed by atoms with Gasteiger partial charge in [0.25, 0.3) is 11.8 Å². The summed E-state index contributed by atoms with van der Waals surface area (Å²) >= 11 is 0. The number of pyridine rings is 1. The number of aryl methyl sites for hydroxylation is 1. The number of amidine groups is 1. The molecular weight excluding hydrogens is 610 g/mol. The van der Waals surface area contributed by atoms with E-state index in [0.29, 0.717) is 11.3 Å². The molecule has 0 saturated carbocycles. The second kappa shape index (κ2) is 14.0. The number of methoxy groups -OCH3 is 2. The number of phenols is 1. The lowest BCUT2D eigenvalue weighted by Crippen LogP contribution is -2.20. The van der Waals surface area contributed by atoms with Crippen molar-refractivity contribution >= 4 is 23.5 Å². The van der Waals surface area contributed by atoms with Crippen LogP contribution in [0, 0.1) is 22.5 Å². The molecule has 0 bridgehead atoms. The minimum Gasteiger partial charge on any atom is -0.504 e. The van der Waals surface area contributed by atoms with E-state index in [1.54, 1.807) is 6.07 Å². The molecule has 0 aliphatic rings. The molecule has 0 atom stereocenters. The maximum absolute atomic E-state index is 16.0. The number of carbonyl (C=O) groups is 1. The van der Waals surface area contributed by atoms with Crippen LogP contribution in [0.3, 0.4) is 0 Å². The smallest absolute Gasteiger partial charge is 0.303 e. The average molecular weight is 639 g/mol. The van der Waals surface area contributed by atoms with Crippen molar-refractivity contribution in [3.8, 4) is 52.0 Å². The summed E-state index contributed by atoms with van der Waals surface area (Å²) in [7, 11) is 2.52. The first-order valence-electron chi connectivity index (χ1n) is 13.2. The lowest BCUT2D eigenvalue weighted by atomic mass is 10.1. The van der Waals surface area contributed by atoms with Crippen LogP contribution in [0.1, 0.15) is 17.5 Å². The van der Waals surface area contributed by atoms with Crippen LogP contribution in [0.4, 0.5) is 14.5 Å². The largest absolute Gasteiger partial charge is 0.504 e. The number of rotatable bonds is 13. The number of nitrogens with two attached hydrogens (primary N) is 2. The number of hydrogen-bond acceptors (Lipinski definition) is 10. The van der Waals surface area contributed by atoms with Gasteiger partial charge in [-0.15, -0.1) is 0 Å². The Balaban J connectivity index is 1.86. The summed E-state index contributed by atoms with van der Waals surface area (Å²) in [6.45, 7) is 0. The first kappa shape index (κ1) is 32.6. The number of aliphatic carboxylic acids is 1. The Hall–Kier alpha value is -6.32. The highest BCUT2D eigenvalue weighted by molar-refractivity contribution is 5.95. The molecule has 0 aliphatic heterocycles. The number of nitrogens with one attached hydrogen (secondary N) is 3. The van der Waals surface area contributed by atoms with Gasteiger partial charge in [0.15, 0.2) is 29.0 Å². The zero-order valence-corrected chi connectivity index (χ0v) is 24.3. The SMILES string of the molecule is COc1cc(CCC(=O)O)cc(OC)c1Oc1c(F)c(Oc2cccc(NC(=N)N)c2)nc(Oc2cc(C(=N)N)ccc2O)c1F. The van der Waals surface area contributed by atoms with E-state index in [4.69, 9.17) is 51.1 Å². The summed E-state index contributed by atoms with van der Waals surface area (Å²) < 4.78 is 59.6. The third-order valence-corrected chi connectivity index (χ3v) is 6.13. The van der Waals surface area contributed by atoms with E-state index in [1.807, 2.05) is 0 Å². The van der Waals surface area contributed by atoms with Gasteiger partial charge in [-0.3, -0.25) is 15.6 Å². The molecule has 1 heterocycles. The Bertz CT molecular complexity index is 1800. The number of phenolic OH excluding ortho intramolecular Hbond substituents is 1. The first-order chi connectivity index (χ1) is 21.9. The summed E-state index contributed by atoms with van der Waals surface area (Å²) in [5.74, 6) is -8.74. The Morgan fingerprint density at radius 2 is 1.54 bits per heavy atom. The third kappa shape index (κ3) is 7.60. The van der Waals surface area contributed by atoms with E-state index in [0.717, 1.165) is 12.1 Å². The molecule has 9 N–H and O–H groups in total. The number of nitrogens with zero attached hydrogens (tertiary/aromatic N) is 1. The van der Waals surface area contributed by atoms with Crippen molar-refractivity contribution in [1.82, 2.24) is 4.98 Å². The lowest BCUT2D eigenvalue weighted by Gasteiger charge is -2.18. The van der Waals surface area contributed by atoms with Gasteiger partial charge in [0.1, 0.15) is 11.6 Å². The van der Waals surface area contributed by atoms with Crippen molar-refractivity contribution < 1.29 is 47.5 Å². The lowest BCUT2D eigenvalue weighted by molar-refractivity contribution is -0.136. The number of nitrogen functional groups attached to an aromatic ring is 1. The molecule has 14 nitrogen and oxygen atoms in total. The predicted octanol–water partition coefficient (Wildman–Crippen LogP) is 5.07. The highest BCUT2D eigenvalue weighted by Crippen LogP contribution is 2.46. The molecule has 0 aliphatic carbocycles. The van der Waals surface area contributed by atoms with E-state index in [1.165, 1.54) is 50.6 Å². The Morgan fingerprint density at radius 3 is 2.13 bits per heavy atom. The molecule has 0 saturated heterocycles. The van der Waals surface area contributed by atoms with E-state index < -0.39 is 40.9 Å². The molecule has 0 fully saturated rings. The molecule has 16 heteroatoms. The molecule has 0 spiro atoms. The molecule has 0 amide bonds. The molecule has 0 radical (unpaired) electrons. The van der Waals surface area contributed by atoms with Gasteiger partial charge < -0.3 is 50.7 Å². The number of carboxylic acid groups (broad SMARTS) is 1. The minimum absolute atomic E-state index is 0.0134. The van der Waals surface area contributed by atoms with Crippen LogP contribution in [0.25, 0.3) is 0 Å². The fourth-order valence-electron chi connectivity index (χ4n) is 4.01. The standard InChI is InChI=1S/C30H28F2N6O8/c1-42-20-10-14(6-9-22(40)41)11-21(43-2)25(20)46-26-23(31)28(44-17-5-3-4-16(13-17)37-30(35)36)38-29(24(26)32)45-19-12-15(27(33)34)7-8-18(19)39/h3-5,7-8,10-13,39H,6,9H2,1-2H3,(H3,33,34)(H,40,41)(H4,35,36,37). The van der Waals surface area contributed by atoms with Crippen LogP contribution in [-0.4, -0.2) is 47.2 Å². The van der Waals surface area contributed by atoms with Crippen molar-refractivity contribution in [2.75, 3.05) is 19.5 Å². The molecule has 1 aromatic heterocycles. The van der Waals surface area contributed by atoms with Gasteiger partial charge in [0.2, 0.25) is 23.1 Å². The number of benzene rings is 3. The highest BCUT2D eigenvalue weighted by atomic mass is 19.1. The van der Waals surface area contributed by atoms with Gasteiger partial charge in [-0.25, -0.2) is 0 Å². The van der Waals surface area contributed by atoms with E-state index >= 15 is 8.78 Å². The van der Waals surface area contributed by atoms with Crippen LogP contribution < -0.4 is 40.5 Å². The molecule has 4 aromatic rings. The number of halogens is 2. The minimum atomic E-state index is -1.47. The topological polar surface area (TPSA) is 228 Å². The summed E-state index contributed by atoms with van der Waals surface area (Å²) in [4.78, 5) is 14.9. The second-order valence-corrected chi connectivity index (χ2v) is 9.37. The number of ether oxygens (including phenoxy) is 5. The zero-order chi connectivity index (χ0) is 33.5. The maximum Gasteiger partial charge on any atom is 0.303 e. The van der Waals surface area contributed by atoms with Crippen LogP contribution in [0.15, 0.2) is 54.6 Å². The van der Waals surface area contributed by atoms with E-state index in [-0.39, 0.29) is 58.9 Å². The molecular formula is C30H28F2N6O8. The van der Waals surface area contributed by atoms with Crippen LogP contribution >= 0.6 is 0 Å². The summed E-state index contributed by atoms with van der Waals surface area (Å²) in [5.41, 5.74) is 11.8. The van der Waals surface area contributed by atoms with E-state index in [2.05, 4.69) is 10.3 Å². The van der Waals surface area contributed by atoms with Gasteiger partial charge in [0.05, 0.1) is 14.2 Å². The number of hydrogen-bond donors (Lipinski definition) is 7. The van der Waals surface area contributed by atoms with Crippen LogP contribution in [0.2, 0.25) is 0 Å². The second-order valence-electron chi connectivity index (χ2n) is 9.37. The fraction of sp³-hybridized carbons (Fsp3) is 0.133. The average Bonchev–Trinajstić information content (AvgIpc) is 3.01. The number of aromatic nitrogens is 1. The third-order valence-electron chi connectivity index (χ3n) is 6.13. The maximum atomic E-state index is 16.0. The van der Waals surface area contributed by atoms with Gasteiger partial charge in [-0.2, -0.15) is 13.8 Å². The van der Waals surface area contributed by atoms with Crippen molar-refractivity contribution in [2.45, 2.75) is 12.8 Å². The predicted molar refractivity (Wildman–Crippen MR) is 161 cm³/mol. The number of anilines is 1. The van der Waals surface area contributed by atoms with Crippen LogP contribution in [0.5, 0.6) is 52.0 Å². The summed E-state index contributed by atoms with van der Waals surface area (Å²) in [5, 5.41) is 37.0. The van der Waals surface area contributed by atoms with Gasteiger partial charge in [0, 0.05) is 23.7 Å². The highest BCUT2D eigenvalue weighted by Gasteiger charge is 2.29. The Labute approximate surface area is 260 Å². The van der Waals surface area contributed by atoms with Crippen molar-refractivity contribution in [2.24, 2.45) is 11.5 Å². The molecule has 0 unspecified atom stereocenters. The molecule has 46 heavy (non-hydrogen) atoms. The molecule has 240 valence electrons. The van der Waals surface area contributed by atoms with Crippen molar-refractivity contribution in [3.63, 3.8) is 0 Å². The van der Waals surface area contributed by atoms with E-state index in [9.17, 15) is 9.90 Å². The fourth-order valence-corrected chi connectivity index (χ4v) is 4.01. The monoisotopic (exact) mass is 638 g/mol. The molecule has 3 aromatic carbocycles. The number of aromatic hydroxyl groups is 1. The number of carboxylic acids is 1. The van der Waals surface area contributed by atoms with Gasteiger partial charge in [-0.05, 0) is 54.4 Å². The van der Waals surface area contributed by atoms with Gasteiger partial charge in [-0.1, -0.05) is 6.07 Å². The van der Waals surface area contributed by atoms with Crippen LogP contribution in [-0.2, 0) is 11.2 Å². The summed E-state index contributed by atoms with van der Waals surface area (Å²) in [6.07, 6.45) is -0.112. The quantitative estimate of drug-likeness (QED) is 0.0752. The molecule has 4 rings (SSSR count). The van der Waals surface area contributed by atoms with Gasteiger partial charge >= 0.3 is 5.97 Å². The van der Waals surface area contributed by atoms with Crippen molar-refractivity contribution in [1.29, 1.82) is 10.8 Å². The first-order valence-corrected chi connectivity index (χ1v) is 13.2. The van der Waals surface area contributed by atoms with Crippen molar-refractivity contribution in [3.05, 3.63) is 77.4 Å². The normalized spacial score (nSPS) is 10.5. The number of guanidine groups is 1. The Kier molecular flexibility index (Phi) is 9.90. The summed E-state index contributed by atoms with van der Waals surface area (Å²) in [6, 6.07) is 12.3. The zero-order valence-electron chi connectivity index (χ0n) is 24.3.